The zero-order valence-electron chi connectivity index (χ0n) is 16.5. The first-order chi connectivity index (χ1) is 14.8. The van der Waals surface area contributed by atoms with Crippen molar-refractivity contribution >= 4 is 28.0 Å². The molecule has 2 saturated carbocycles. The van der Waals surface area contributed by atoms with E-state index in [0.717, 1.165) is 6.92 Å². The zero-order valence-corrected chi connectivity index (χ0v) is 17.3. The molecule has 0 radical (unpaired) electrons. The molecule has 3 aliphatic rings. The zero-order chi connectivity index (χ0) is 25.4. The van der Waals surface area contributed by atoms with E-state index in [1.807, 2.05) is 0 Å². The van der Waals surface area contributed by atoms with Crippen LogP contribution >= 0.6 is 0 Å². The van der Waals surface area contributed by atoms with Gasteiger partial charge in [-0.25, -0.2) is 4.79 Å². The van der Waals surface area contributed by atoms with Crippen LogP contribution in [0.15, 0.2) is 12.7 Å². The number of hydrogen-bond acceptors (Lipinski definition) is 8. The van der Waals surface area contributed by atoms with E-state index in [1.165, 1.54) is 0 Å². The number of alkyl halides is 6. The van der Waals surface area contributed by atoms with E-state index in [2.05, 4.69) is 11.3 Å². The molecular formula is C17H16F6O9S. The van der Waals surface area contributed by atoms with E-state index in [1.54, 1.807) is 0 Å². The summed E-state index contributed by atoms with van der Waals surface area (Å²) in [6, 6.07) is 0. The van der Waals surface area contributed by atoms with Crippen LogP contribution in [0.1, 0.15) is 13.3 Å². The standard InChI is InChI=1S/C17H16F6O9S/c1-3-8(24)30-11-7-4-6-9(12(25)31-10(6)11)14(7,2)13(26)32-15(16(18,19)20,17(21,22)23)5-33(27,28)29/h3,6-7,9-11H,1,4-5H2,2H3,(H,27,28,29). The van der Waals surface area contributed by atoms with Crippen LogP contribution in [0.3, 0.4) is 0 Å². The molecule has 0 aromatic carbocycles. The third-order valence-corrected chi connectivity index (χ3v) is 7.22. The normalized spacial score (nSPS) is 33.6. The molecule has 186 valence electrons. The Hall–Kier alpha value is -2.36. The second-order valence-electron chi connectivity index (χ2n) is 8.21. The number of ether oxygens (including phenoxy) is 3. The summed E-state index contributed by atoms with van der Waals surface area (Å²) in [7, 11) is -5.99. The van der Waals surface area contributed by atoms with Crippen molar-refractivity contribution in [2.45, 2.75) is 43.5 Å². The van der Waals surface area contributed by atoms with Crippen LogP contribution in [0.2, 0.25) is 0 Å². The first-order valence-electron chi connectivity index (χ1n) is 9.16. The molecule has 9 nitrogen and oxygen atoms in total. The monoisotopic (exact) mass is 510 g/mol. The van der Waals surface area contributed by atoms with Crippen molar-refractivity contribution in [2.24, 2.45) is 23.2 Å². The van der Waals surface area contributed by atoms with Crippen LogP contribution in [-0.4, -0.2) is 66.8 Å². The van der Waals surface area contributed by atoms with E-state index in [-0.39, 0.29) is 6.42 Å². The van der Waals surface area contributed by atoms with E-state index in [9.17, 15) is 49.1 Å². The Bertz CT molecular complexity index is 989. The minimum atomic E-state index is -6.53. The number of carbonyl (C=O) groups excluding carboxylic acids is 3. The van der Waals surface area contributed by atoms with Crippen molar-refractivity contribution in [3.8, 4) is 0 Å². The predicted molar refractivity (Wildman–Crippen MR) is 90.5 cm³/mol. The summed E-state index contributed by atoms with van der Waals surface area (Å²) in [5.74, 6) is -11.1. The van der Waals surface area contributed by atoms with Crippen molar-refractivity contribution in [3.05, 3.63) is 12.7 Å². The van der Waals surface area contributed by atoms with Gasteiger partial charge in [0.05, 0.1) is 11.3 Å². The fourth-order valence-corrected chi connectivity index (χ4v) is 5.91. The molecule has 33 heavy (non-hydrogen) atoms. The maximum Gasteiger partial charge on any atom is 0.438 e. The van der Waals surface area contributed by atoms with E-state index in [4.69, 9.17) is 14.0 Å². The topological polar surface area (TPSA) is 133 Å². The molecule has 2 bridgehead atoms. The number of hydrogen-bond donors (Lipinski definition) is 1. The molecule has 16 heteroatoms. The molecule has 6 unspecified atom stereocenters. The van der Waals surface area contributed by atoms with Gasteiger partial charge in [-0.3, -0.25) is 14.1 Å². The van der Waals surface area contributed by atoms with Gasteiger partial charge in [0.2, 0.25) is 0 Å². The molecule has 6 atom stereocenters. The minimum Gasteiger partial charge on any atom is -0.458 e. The average molecular weight is 510 g/mol. The summed E-state index contributed by atoms with van der Waals surface area (Å²) in [6.07, 6.45) is -15.0. The van der Waals surface area contributed by atoms with Gasteiger partial charge in [-0.1, -0.05) is 6.58 Å². The lowest BCUT2D eigenvalue weighted by atomic mass is 9.66. The Balaban J connectivity index is 2.07. The molecule has 1 heterocycles. The van der Waals surface area contributed by atoms with Crippen LogP contribution in [0.4, 0.5) is 26.3 Å². The molecule has 2 aliphatic carbocycles. The van der Waals surface area contributed by atoms with Crippen LogP contribution in [-0.2, 0) is 38.7 Å². The van der Waals surface area contributed by atoms with E-state index >= 15 is 0 Å². The third-order valence-electron chi connectivity index (χ3n) is 6.45. The highest BCUT2D eigenvalue weighted by Gasteiger charge is 2.80. The van der Waals surface area contributed by atoms with Gasteiger partial charge in [-0.05, 0) is 13.3 Å². The highest BCUT2D eigenvalue weighted by atomic mass is 32.2. The summed E-state index contributed by atoms with van der Waals surface area (Å²) >= 11 is 0. The van der Waals surface area contributed by atoms with Gasteiger partial charge in [0, 0.05) is 17.9 Å². The van der Waals surface area contributed by atoms with Crippen molar-refractivity contribution in [1.82, 2.24) is 0 Å². The van der Waals surface area contributed by atoms with Gasteiger partial charge in [0.25, 0.3) is 10.1 Å². The van der Waals surface area contributed by atoms with Crippen molar-refractivity contribution < 1.29 is 67.9 Å². The van der Waals surface area contributed by atoms with E-state index in [0.29, 0.717) is 6.08 Å². The Kier molecular flexibility index (Phi) is 5.60. The average Bonchev–Trinajstić information content (AvgIpc) is 3.21. The van der Waals surface area contributed by atoms with Crippen molar-refractivity contribution in [2.75, 3.05) is 5.75 Å². The summed E-state index contributed by atoms with van der Waals surface area (Å²) < 4.78 is 126. The lowest BCUT2D eigenvalue weighted by molar-refractivity contribution is -0.364. The van der Waals surface area contributed by atoms with Crippen LogP contribution in [0.25, 0.3) is 0 Å². The molecule has 0 spiro atoms. The first-order valence-corrected chi connectivity index (χ1v) is 10.8. The third kappa shape index (κ3) is 3.66. The lowest BCUT2D eigenvalue weighted by Gasteiger charge is -2.42. The largest absolute Gasteiger partial charge is 0.458 e. The minimum absolute atomic E-state index is 0.134. The van der Waals surface area contributed by atoms with Crippen LogP contribution in [0.5, 0.6) is 0 Å². The van der Waals surface area contributed by atoms with Gasteiger partial charge in [-0.2, -0.15) is 34.8 Å². The van der Waals surface area contributed by atoms with Gasteiger partial charge in [-0.15, -0.1) is 0 Å². The van der Waals surface area contributed by atoms with Gasteiger partial charge < -0.3 is 14.2 Å². The number of halogens is 6. The summed E-state index contributed by atoms with van der Waals surface area (Å²) in [5.41, 5.74) is -8.04. The van der Waals surface area contributed by atoms with Gasteiger partial charge in [0.1, 0.15) is 18.0 Å². The molecular weight excluding hydrogens is 494 g/mol. The molecule has 1 saturated heterocycles. The lowest BCUT2D eigenvalue weighted by Crippen LogP contribution is -2.65. The van der Waals surface area contributed by atoms with Gasteiger partial charge >= 0.3 is 35.9 Å². The highest BCUT2D eigenvalue weighted by Crippen LogP contribution is 2.65. The quantitative estimate of drug-likeness (QED) is 0.186. The Morgan fingerprint density at radius 1 is 1.24 bits per heavy atom. The molecule has 3 fully saturated rings. The molecule has 0 amide bonds. The molecule has 0 aromatic rings. The smallest absolute Gasteiger partial charge is 0.438 e. The van der Waals surface area contributed by atoms with Crippen LogP contribution < -0.4 is 0 Å². The second-order valence-corrected chi connectivity index (χ2v) is 9.66. The van der Waals surface area contributed by atoms with E-state index < -0.39 is 87.1 Å². The Morgan fingerprint density at radius 2 is 1.79 bits per heavy atom. The van der Waals surface area contributed by atoms with Crippen LogP contribution in [0, 0.1) is 23.2 Å². The Morgan fingerprint density at radius 3 is 2.24 bits per heavy atom. The summed E-state index contributed by atoms with van der Waals surface area (Å²) in [5, 5.41) is 0. The van der Waals surface area contributed by atoms with Crippen molar-refractivity contribution in [1.29, 1.82) is 0 Å². The number of carbonyl (C=O) groups is 3. The number of esters is 3. The molecule has 3 rings (SSSR count). The number of fused-ring (bicyclic) bond motifs is 1. The maximum absolute atomic E-state index is 13.6. The maximum atomic E-state index is 13.6. The molecule has 1 aliphatic heterocycles. The fourth-order valence-electron chi connectivity index (χ4n) is 5.01. The summed E-state index contributed by atoms with van der Waals surface area (Å²) in [6.45, 7) is 4.00. The molecule has 1 N–H and O–H groups in total. The number of rotatable bonds is 6. The summed E-state index contributed by atoms with van der Waals surface area (Å²) in [4.78, 5) is 36.9. The first kappa shape index (κ1) is 25.3. The predicted octanol–water partition coefficient (Wildman–Crippen LogP) is 1.58. The fraction of sp³-hybridized carbons (Fsp3) is 0.706. The SMILES string of the molecule is C=CC(=O)OC1C2OC(=O)C3C2CC1C3(C)C(=O)OC(CS(=O)(=O)O)(C(F)(F)F)C(F)(F)F. The highest BCUT2D eigenvalue weighted by molar-refractivity contribution is 7.85. The Labute approximate surface area is 181 Å². The van der Waals surface area contributed by atoms with Crippen molar-refractivity contribution in [3.63, 3.8) is 0 Å². The van der Waals surface area contributed by atoms with Gasteiger partial charge in [0.15, 0.2) is 0 Å². The second kappa shape index (κ2) is 7.32. The molecule has 0 aromatic heterocycles.